The van der Waals surface area contributed by atoms with Crippen LogP contribution in [0.1, 0.15) is 31.4 Å². The third-order valence-corrected chi connectivity index (χ3v) is 3.59. The summed E-state index contributed by atoms with van der Waals surface area (Å²) < 4.78 is 41.6. The van der Waals surface area contributed by atoms with E-state index in [1.165, 1.54) is 6.26 Å². The van der Waals surface area contributed by atoms with Crippen LogP contribution in [0.2, 0.25) is 0 Å². The van der Waals surface area contributed by atoms with Gasteiger partial charge in [-0.15, -0.1) is 0 Å². The first kappa shape index (κ1) is 15.9. The molecule has 21 heavy (non-hydrogen) atoms. The number of halogens is 3. The lowest BCUT2D eigenvalue weighted by atomic mass is 10.2. The molecular formula is C14H19F3N2O2. The Hall–Kier alpha value is -1.50. The van der Waals surface area contributed by atoms with Gasteiger partial charge in [0.2, 0.25) is 5.91 Å². The maximum atomic E-state index is 12.2. The maximum Gasteiger partial charge on any atom is 0.401 e. The highest BCUT2D eigenvalue weighted by atomic mass is 19.4. The van der Waals surface area contributed by atoms with Crippen LogP contribution in [0.3, 0.4) is 0 Å². The molecule has 0 unspecified atom stereocenters. The summed E-state index contributed by atoms with van der Waals surface area (Å²) in [5, 5.41) is 2.16. The van der Waals surface area contributed by atoms with E-state index < -0.39 is 12.7 Å². The molecule has 4 nitrogen and oxygen atoms in total. The molecule has 0 saturated heterocycles. The molecule has 2 rings (SSSR count). The Morgan fingerprint density at radius 1 is 1.38 bits per heavy atom. The van der Waals surface area contributed by atoms with Crippen molar-refractivity contribution in [2.75, 3.05) is 13.1 Å². The summed E-state index contributed by atoms with van der Waals surface area (Å²) in [7, 11) is 0. The second-order valence-electron chi connectivity index (χ2n) is 5.26. The predicted molar refractivity (Wildman–Crippen MR) is 70.4 cm³/mol. The van der Waals surface area contributed by atoms with Gasteiger partial charge >= 0.3 is 6.18 Å². The van der Waals surface area contributed by atoms with E-state index in [0.717, 1.165) is 25.7 Å². The zero-order valence-electron chi connectivity index (χ0n) is 11.7. The number of alkyl halides is 3. The van der Waals surface area contributed by atoms with Crippen LogP contribution in [-0.4, -0.2) is 36.1 Å². The predicted octanol–water partition coefficient (Wildman–Crippen LogP) is 2.70. The second-order valence-corrected chi connectivity index (χ2v) is 5.26. The number of hydrogen-bond donors (Lipinski definition) is 1. The van der Waals surface area contributed by atoms with Gasteiger partial charge in [-0.3, -0.25) is 4.79 Å². The quantitative estimate of drug-likeness (QED) is 0.879. The molecular weight excluding hydrogens is 285 g/mol. The lowest BCUT2D eigenvalue weighted by molar-refractivity contribution is -0.136. The highest BCUT2D eigenvalue weighted by Gasteiger charge is 2.29. The average Bonchev–Trinajstić information content (AvgIpc) is 3.07. The third-order valence-electron chi connectivity index (χ3n) is 3.59. The van der Waals surface area contributed by atoms with Gasteiger partial charge in [-0.25, -0.2) is 0 Å². The first-order valence-corrected chi connectivity index (χ1v) is 7.05. The highest BCUT2D eigenvalue weighted by molar-refractivity contribution is 5.78. The summed E-state index contributed by atoms with van der Waals surface area (Å²) in [6.07, 6.45) is 1.09. The van der Waals surface area contributed by atoms with Gasteiger partial charge in [-0.2, -0.15) is 13.2 Å². The van der Waals surface area contributed by atoms with Crippen molar-refractivity contribution in [1.29, 1.82) is 0 Å². The Morgan fingerprint density at radius 3 is 2.67 bits per heavy atom. The van der Waals surface area contributed by atoms with Gasteiger partial charge in [0.15, 0.2) is 0 Å². The van der Waals surface area contributed by atoms with Gasteiger partial charge in [0.1, 0.15) is 5.76 Å². The Labute approximate surface area is 121 Å². The van der Waals surface area contributed by atoms with E-state index in [2.05, 4.69) is 5.32 Å². The minimum atomic E-state index is -4.31. The minimum absolute atomic E-state index is 0.0929. The second kappa shape index (κ2) is 6.98. The zero-order chi connectivity index (χ0) is 15.3. The maximum absolute atomic E-state index is 12.2. The topological polar surface area (TPSA) is 45.5 Å². The van der Waals surface area contributed by atoms with E-state index >= 15 is 0 Å². The highest BCUT2D eigenvalue weighted by Crippen LogP contribution is 2.25. The number of carbonyl (C=O) groups excluding carboxylic acids is 1. The standard InChI is InChI=1S/C14H19F3N2O2/c15-14(16,17)10-18-8-13(20)19(11-4-1-2-5-11)9-12-6-3-7-21-12/h3,6-7,11,18H,1-2,4-5,8-10H2. The molecule has 1 heterocycles. The number of nitrogens with one attached hydrogen (secondary N) is 1. The van der Waals surface area contributed by atoms with Gasteiger partial charge in [-0.05, 0) is 25.0 Å². The minimum Gasteiger partial charge on any atom is -0.467 e. The van der Waals surface area contributed by atoms with Gasteiger partial charge in [0.25, 0.3) is 0 Å². The molecule has 1 aromatic heterocycles. The van der Waals surface area contributed by atoms with Crippen LogP contribution in [0.25, 0.3) is 0 Å². The van der Waals surface area contributed by atoms with Crippen molar-refractivity contribution in [2.45, 2.75) is 44.4 Å². The molecule has 0 atom stereocenters. The van der Waals surface area contributed by atoms with Crippen LogP contribution < -0.4 is 5.32 Å². The third kappa shape index (κ3) is 5.08. The van der Waals surface area contributed by atoms with E-state index in [4.69, 9.17) is 4.42 Å². The summed E-state index contributed by atoms with van der Waals surface area (Å²) in [5.41, 5.74) is 0. The van der Waals surface area contributed by atoms with Crippen LogP contribution in [-0.2, 0) is 11.3 Å². The molecule has 118 valence electrons. The molecule has 1 aliphatic rings. The zero-order valence-corrected chi connectivity index (χ0v) is 11.7. The molecule has 0 aromatic carbocycles. The Kier molecular flexibility index (Phi) is 5.27. The van der Waals surface area contributed by atoms with E-state index in [9.17, 15) is 18.0 Å². The molecule has 1 aromatic rings. The van der Waals surface area contributed by atoms with Crippen molar-refractivity contribution in [3.8, 4) is 0 Å². The number of amides is 1. The van der Waals surface area contributed by atoms with Crippen LogP contribution in [0.5, 0.6) is 0 Å². The Morgan fingerprint density at radius 2 is 2.10 bits per heavy atom. The molecule has 1 saturated carbocycles. The lowest BCUT2D eigenvalue weighted by Gasteiger charge is -2.28. The van der Waals surface area contributed by atoms with E-state index in [1.54, 1.807) is 17.0 Å². The molecule has 0 spiro atoms. The van der Waals surface area contributed by atoms with Crippen LogP contribution in [0.4, 0.5) is 13.2 Å². The van der Waals surface area contributed by atoms with Crippen LogP contribution >= 0.6 is 0 Å². The Bertz CT molecular complexity index is 440. The fourth-order valence-electron chi connectivity index (χ4n) is 2.62. The van der Waals surface area contributed by atoms with Gasteiger partial charge in [0, 0.05) is 6.04 Å². The first-order valence-electron chi connectivity index (χ1n) is 7.05. The van der Waals surface area contributed by atoms with Crippen molar-refractivity contribution in [2.24, 2.45) is 0 Å². The molecule has 1 fully saturated rings. The summed E-state index contributed by atoms with van der Waals surface area (Å²) >= 11 is 0. The van der Waals surface area contributed by atoms with Crippen molar-refractivity contribution >= 4 is 5.91 Å². The molecule has 0 radical (unpaired) electrons. The molecule has 1 N–H and O–H groups in total. The van der Waals surface area contributed by atoms with Crippen molar-refractivity contribution in [3.63, 3.8) is 0 Å². The first-order chi connectivity index (χ1) is 9.96. The number of carbonyl (C=O) groups is 1. The summed E-state index contributed by atoms with van der Waals surface area (Å²) in [6.45, 7) is -1.15. The number of hydrogen-bond acceptors (Lipinski definition) is 3. The van der Waals surface area contributed by atoms with Crippen LogP contribution in [0.15, 0.2) is 22.8 Å². The number of nitrogens with zero attached hydrogens (tertiary/aromatic N) is 1. The average molecular weight is 304 g/mol. The van der Waals surface area contributed by atoms with E-state index in [1.807, 2.05) is 0 Å². The lowest BCUT2D eigenvalue weighted by Crippen LogP contribution is -2.44. The fourth-order valence-corrected chi connectivity index (χ4v) is 2.62. The Balaban J connectivity index is 1.92. The SMILES string of the molecule is O=C(CNCC(F)(F)F)N(Cc1ccco1)C1CCCC1. The molecule has 0 aliphatic heterocycles. The molecule has 0 bridgehead atoms. The number of furan rings is 1. The number of rotatable bonds is 6. The fraction of sp³-hybridized carbons (Fsp3) is 0.643. The van der Waals surface area contributed by atoms with Gasteiger partial charge in [0.05, 0.1) is 25.9 Å². The van der Waals surface area contributed by atoms with Gasteiger partial charge < -0.3 is 14.6 Å². The largest absolute Gasteiger partial charge is 0.467 e. The van der Waals surface area contributed by atoms with E-state index in [-0.39, 0.29) is 18.5 Å². The molecule has 1 amide bonds. The van der Waals surface area contributed by atoms with Crippen molar-refractivity contribution in [1.82, 2.24) is 10.2 Å². The normalized spacial score (nSPS) is 16.3. The summed E-state index contributed by atoms with van der Waals surface area (Å²) in [6, 6.07) is 3.59. The summed E-state index contributed by atoms with van der Waals surface area (Å²) in [4.78, 5) is 13.8. The van der Waals surface area contributed by atoms with Crippen molar-refractivity contribution < 1.29 is 22.4 Å². The van der Waals surface area contributed by atoms with Crippen LogP contribution in [0, 0.1) is 0 Å². The molecule has 7 heteroatoms. The van der Waals surface area contributed by atoms with Crippen molar-refractivity contribution in [3.05, 3.63) is 24.2 Å². The summed E-state index contributed by atoms with van der Waals surface area (Å²) in [5.74, 6) is 0.327. The van der Waals surface area contributed by atoms with E-state index in [0.29, 0.717) is 12.3 Å². The molecule has 1 aliphatic carbocycles. The smallest absolute Gasteiger partial charge is 0.401 e. The van der Waals surface area contributed by atoms with Gasteiger partial charge in [-0.1, -0.05) is 12.8 Å². The monoisotopic (exact) mass is 304 g/mol.